The molecular weight excluding hydrogens is 310 g/mol. The summed E-state index contributed by atoms with van der Waals surface area (Å²) in [6.45, 7) is 0. The van der Waals surface area contributed by atoms with E-state index < -0.39 is 0 Å². The first-order chi connectivity index (χ1) is 10.1. The van der Waals surface area contributed by atoms with Crippen LogP contribution in [-0.2, 0) is 14.3 Å². The van der Waals surface area contributed by atoms with Gasteiger partial charge in [-0.2, -0.15) is 4.99 Å². The van der Waals surface area contributed by atoms with Crippen molar-refractivity contribution in [3.05, 3.63) is 34.7 Å². The zero-order valence-corrected chi connectivity index (χ0v) is 13.1. The Morgan fingerprint density at radius 1 is 1.43 bits per heavy atom. The van der Waals surface area contributed by atoms with Crippen molar-refractivity contribution in [3.8, 4) is 5.75 Å². The van der Waals surface area contributed by atoms with Gasteiger partial charge >= 0.3 is 5.97 Å². The first-order valence-electron chi connectivity index (χ1n) is 5.98. The number of nitrogens with zero attached hydrogens (tertiary/aromatic N) is 1. The van der Waals surface area contributed by atoms with E-state index in [1.54, 1.807) is 13.2 Å². The number of methoxy groups -OCH3 is 2. The Morgan fingerprint density at radius 2 is 2.24 bits per heavy atom. The molecule has 0 radical (unpaired) electrons. The minimum atomic E-state index is -0.346. The molecule has 1 aliphatic heterocycles. The third-order valence-electron chi connectivity index (χ3n) is 2.53. The summed E-state index contributed by atoms with van der Waals surface area (Å²) in [7, 11) is 2.91. The zero-order valence-electron chi connectivity index (χ0n) is 11.5. The highest BCUT2D eigenvalue weighted by Crippen LogP contribution is 2.34. The molecule has 1 aromatic carbocycles. The number of esters is 1. The van der Waals surface area contributed by atoms with E-state index in [4.69, 9.17) is 4.74 Å². The number of amides is 1. The molecule has 1 amide bonds. The molecule has 21 heavy (non-hydrogen) atoms. The van der Waals surface area contributed by atoms with Crippen molar-refractivity contribution < 1.29 is 19.1 Å². The van der Waals surface area contributed by atoms with Crippen molar-refractivity contribution in [2.75, 3.05) is 20.0 Å². The number of hydrogen-bond acceptors (Lipinski definition) is 6. The van der Waals surface area contributed by atoms with Gasteiger partial charge in [0, 0.05) is 0 Å². The normalized spacial score (nSPS) is 16.0. The molecular formula is C14H13NO4S2. The molecule has 7 heteroatoms. The van der Waals surface area contributed by atoms with Gasteiger partial charge in [0.05, 0.1) is 24.9 Å². The van der Waals surface area contributed by atoms with E-state index in [1.807, 2.05) is 24.3 Å². The Kier molecular flexibility index (Phi) is 5.46. The van der Waals surface area contributed by atoms with Gasteiger partial charge in [-0.05, 0) is 23.8 Å². The van der Waals surface area contributed by atoms with Crippen LogP contribution in [0.5, 0.6) is 5.75 Å². The number of hydrogen-bond donors (Lipinski definition) is 0. The molecule has 110 valence electrons. The summed E-state index contributed by atoms with van der Waals surface area (Å²) in [5.74, 6) is 0.222. The number of aliphatic imine (C=N–C) groups is 1. The summed E-state index contributed by atoms with van der Waals surface area (Å²) in [6.07, 6.45) is 1.75. The lowest BCUT2D eigenvalue weighted by atomic mass is 10.2. The van der Waals surface area contributed by atoms with Gasteiger partial charge in [0.1, 0.15) is 10.1 Å². The van der Waals surface area contributed by atoms with Crippen molar-refractivity contribution in [2.45, 2.75) is 0 Å². The SMILES string of the molecule is COC(=O)CSC1=NC(=O)/C(=C/c2cccc(OC)c2)S1. The van der Waals surface area contributed by atoms with Crippen LogP contribution in [0.15, 0.2) is 34.2 Å². The molecule has 0 spiro atoms. The van der Waals surface area contributed by atoms with Crippen LogP contribution in [-0.4, -0.2) is 36.2 Å². The number of ether oxygens (including phenoxy) is 2. The molecule has 0 unspecified atom stereocenters. The second kappa shape index (κ2) is 7.33. The molecule has 0 bridgehead atoms. The van der Waals surface area contributed by atoms with Crippen molar-refractivity contribution in [1.82, 2.24) is 0 Å². The first kappa shape index (κ1) is 15.7. The smallest absolute Gasteiger partial charge is 0.316 e. The Morgan fingerprint density at radius 3 is 2.95 bits per heavy atom. The van der Waals surface area contributed by atoms with Gasteiger partial charge in [0.15, 0.2) is 0 Å². The lowest BCUT2D eigenvalue weighted by Crippen LogP contribution is -2.04. The molecule has 0 fully saturated rings. The highest BCUT2D eigenvalue weighted by molar-refractivity contribution is 8.41. The highest BCUT2D eigenvalue weighted by atomic mass is 32.2. The molecule has 2 rings (SSSR count). The van der Waals surface area contributed by atoms with Gasteiger partial charge in [-0.25, -0.2) is 0 Å². The third kappa shape index (κ3) is 4.37. The molecule has 0 aromatic heterocycles. The summed E-state index contributed by atoms with van der Waals surface area (Å²) < 4.78 is 10.2. The molecule has 0 atom stereocenters. The maximum absolute atomic E-state index is 11.8. The Balaban J connectivity index is 2.04. The van der Waals surface area contributed by atoms with Crippen LogP contribution in [0.4, 0.5) is 0 Å². The predicted molar refractivity (Wildman–Crippen MR) is 85.5 cm³/mol. The first-order valence-corrected chi connectivity index (χ1v) is 7.79. The van der Waals surface area contributed by atoms with Gasteiger partial charge in [-0.1, -0.05) is 35.7 Å². The highest BCUT2D eigenvalue weighted by Gasteiger charge is 2.22. The molecule has 1 heterocycles. The van der Waals surface area contributed by atoms with Crippen LogP contribution < -0.4 is 4.74 Å². The molecule has 0 N–H and O–H groups in total. The largest absolute Gasteiger partial charge is 0.497 e. The third-order valence-corrected chi connectivity index (χ3v) is 4.63. The van der Waals surface area contributed by atoms with E-state index in [9.17, 15) is 9.59 Å². The maximum Gasteiger partial charge on any atom is 0.316 e. The number of carbonyl (C=O) groups excluding carboxylic acids is 2. The van der Waals surface area contributed by atoms with Crippen LogP contribution in [0.25, 0.3) is 6.08 Å². The monoisotopic (exact) mass is 323 g/mol. The number of benzene rings is 1. The second-order valence-electron chi connectivity index (χ2n) is 3.93. The summed E-state index contributed by atoms with van der Waals surface area (Å²) in [6, 6.07) is 7.40. The van der Waals surface area contributed by atoms with Gasteiger partial charge in [0.2, 0.25) is 0 Å². The molecule has 0 saturated heterocycles. The van der Waals surface area contributed by atoms with Crippen LogP contribution >= 0.6 is 23.5 Å². The molecule has 1 aromatic rings. The van der Waals surface area contributed by atoms with E-state index in [-0.39, 0.29) is 17.6 Å². The number of thioether (sulfide) groups is 2. The molecule has 0 saturated carbocycles. The Hall–Kier alpha value is -1.73. The number of carbonyl (C=O) groups is 2. The average molecular weight is 323 g/mol. The second-order valence-corrected chi connectivity index (χ2v) is 6.19. The fraction of sp³-hybridized carbons (Fsp3) is 0.214. The molecule has 5 nitrogen and oxygen atoms in total. The van der Waals surface area contributed by atoms with E-state index in [0.29, 0.717) is 9.28 Å². The van der Waals surface area contributed by atoms with E-state index in [2.05, 4.69) is 9.73 Å². The lowest BCUT2D eigenvalue weighted by Gasteiger charge is -2.01. The predicted octanol–water partition coefficient (Wildman–Crippen LogP) is 2.57. The van der Waals surface area contributed by atoms with E-state index in [0.717, 1.165) is 11.3 Å². The minimum absolute atomic E-state index is 0.141. The minimum Gasteiger partial charge on any atom is -0.497 e. The standard InChI is InChI=1S/C14H13NO4S2/c1-18-10-5-3-4-9(6-10)7-11-13(17)15-14(21-11)20-8-12(16)19-2/h3-7H,8H2,1-2H3/b11-7-. The molecule has 0 aliphatic carbocycles. The van der Waals surface area contributed by atoms with Crippen molar-refractivity contribution >= 4 is 45.9 Å². The van der Waals surface area contributed by atoms with Gasteiger partial charge in [-0.15, -0.1) is 0 Å². The summed E-state index contributed by atoms with van der Waals surface area (Å²) in [5.41, 5.74) is 0.861. The van der Waals surface area contributed by atoms with Crippen molar-refractivity contribution in [2.24, 2.45) is 4.99 Å². The van der Waals surface area contributed by atoms with Crippen LogP contribution in [0.1, 0.15) is 5.56 Å². The fourth-order valence-electron chi connectivity index (χ4n) is 1.51. The van der Waals surface area contributed by atoms with E-state index >= 15 is 0 Å². The fourth-order valence-corrected chi connectivity index (χ4v) is 3.35. The average Bonchev–Trinajstić information content (AvgIpc) is 2.85. The Bertz CT molecular complexity index is 625. The summed E-state index contributed by atoms with van der Waals surface area (Å²) in [4.78, 5) is 27.3. The lowest BCUT2D eigenvalue weighted by molar-refractivity contribution is -0.137. The van der Waals surface area contributed by atoms with Crippen LogP contribution in [0.2, 0.25) is 0 Å². The van der Waals surface area contributed by atoms with Crippen molar-refractivity contribution in [1.29, 1.82) is 0 Å². The van der Waals surface area contributed by atoms with E-state index in [1.165, 1.54) is 30.6 Å². The summed E-state index contributed by atoms with van der Waals surface area (Å²) >= 11 is 2.45. The van der Waals surface area contributed by atoms with Crippen LogP contribution in [0.3, 0.4) is 0 Å². The Labute approximate surface area is 130 Å². The quantitative estimate of drug-likeness (QED) is 0.627. The topological polar surface area (TPSA) is 65.0 Å². The number of rotatable bonds is 4. The zero-order chi connectivity index (χ0) is 15.2. The van der Waals surface area contributed by atoms with Gasteiger partial charge < -0.3 is 9.47 Å². The maximum atomic E-state index is 11.8. The van der Waals surface area contributed by atoms with Crippen LogP contribution in [0, 0.1) is 0 Å². The van der Waals surface area contributed by atoms with Gasteiger partial charge in [0.25, 0.3) is 5.91 Å². The van der Waals surface area contributed by atoms with Gasteiger partial charge in [-0.3, -0.25) is 9.59 Å². The summed E-state index contributed by atoms with van der Waals surface area (Å²) in [5, 5.41) is 0. The molecule has 1 aliphatic rings. The van der Waals surface area contributed by atoms with Crippen molar-refractivity contribution in [3.63, 3.8) is 0 Å².